The highest BCUT2D eigenvalue weighted by Crippen LogP contribution is 2.36. The zero-order valence-electron chi connectivity index (χ0n) is 18.9. The van der Waals surface area contributed by atoms with Crippen LogP contribution in [0.3, 0.4) is 0 Å². The van der Waals surface area contributed by atoms with Crippen molar-refractivity contribution in [1.29, 1.82) is 0 Å². The van der Waals surface area contributed by atoms with E-state index in [0.29, 0.717) is 28.3 Å². The molecule has 180 valence electrons. The fourth-order valence-corrected chi connectivity index (χ4v) is 4.84. The summed E-state index contributed by atoms with van der Waals surface area (Å²) in [6.45, 7) is 0.195. The average Bonchev–Trinajstić information content (AvgIpc) is 3.35. The molecule has 2 atom stereocenters. The molecule has 0 radical (unpaired) electrons. The van der Waals surface area contributed by atoms with Crippen LogP contribution in [0.5, 0.6) is 11.5 Å². The zero-order valence-corrected chi connectivity index (χ0v) is 18.9. The van der Waals surface area contributed by atoms with Crippen LogP contribution in [-0.4, -0.2) is 65.0 Å². The molecule has 1 saturated heterocycles. The number of amides is 5. The van der Waals surface area contributed by atoms with Gasteiger partial charge in [0.2, 0.25) is 0 Å². The fraction of sp³-hybridized carbons (Fsp3) is 0.375. The van der Waals surface area contributed by atoms with Gasteiger partial charge in [-0.15, -0.1) is 0 Å². The highest BCUT2D eigenvalue weighted by molar-refractivity contribution is 6.08. The smallest absolute Gasteiger partial charge is 0.322 e. The summed E-state index contributed by atoms with van der Waals surface area (Å²) in [7, 11) is 1.52. The van der Waals surface area contributed by atoms with Gasteiger partial charge in [0.25, 0.3) is 17.7 Å². The molecule has 4 heterocycles. The van der Waals surface area contributed by atoms with Crippen molar-refractivity contribution in [2.24, 2.45) is 0 Å². The van der Waals surface area contributed by atoms with E-state index < -0.39 is 23.6 Å². The van der Waals surface area contributed by atoms with E-state index in [9.17, 15) is 19.2 Å². The number of hydrogen-bond acceptors (Lipinski definition) is 7. The summed E-state index contributed by atoms with van der Waals surface area (Å²) >= 11 is 0. The van der Waals surface area contributed by atoms with Gasteiger partial charge in [-0.25, -0.2) is 4.79 Å². The Morgan fingerprint density at radius 1 is 1.29 bits per heavy atom. The van der Waals surface area contributed by atoms with Gasteiger partial charge in [0.05, 0.1) is 24.9 Å². The monoisotopic (exact) mass is 477 g/mol. The van der Waals surface area contributed by atoms with E-state index in [1.165, 1.54) is 18.2 Å². The Balaban J connectivity index is 1.26. The Morgan fingerprint density at radius 2 is 2.11 bits per heavy atom. The first-order valence-corrected chi connectivity index (χ1v) is 11.4. The van der Waals surface area contributed by atoms with Crippen LogP contribution in [0.15, 0.2) is 30.5 Å². The molecule has 0 unspecified atom stereocenters. The molecule has 5 amide bonds. The van der Waals surface area contributed by atoms with Gasteiger partial charge < -0.3 is 25.0 Å². The number of benzene rings is 1. The lowest BCUT2D eigenvalue weighted by Crippen LogP contribution is -2.64. The number of nitrogens with one attached hydrogen (secondary N) is 3. The lowest BCUT2D eigenvalue weighted by atomic mass is 9.89. The number of carbonyl (C=O) groups is 4. The van der Waals surface area contributed by atoms with Crippen LogP contribution in [0.25, 0.3) is 0 Å². The molecule has 1 saturated carbocycles. The van der Waals surface area contributed by atoms with Crippen molar-refractivity contribution in [3.05, 3.63) is 52.8 Å². The van der Waals surface area contributed by atoms with Gasteiger partial charge >= 0.3 is 6.03 Å². The molecular weight excluding hydrogens is 454 g/mol. The maximum absolute atomic E-state index is 13.2. The maximum Gasteiger partial charge on any atom is 0.322 e. The second-order valence-corrected chi connectivity index (χ2v) is 9.29. The van der Waals surface area contributed by atoms with Crippen LogP contribution < -0.4 is 25.4 Å². The topological polar surface area (TPSA) is 139 Å². The van der Waals surface area contributed by atoms with E-state index in [-0.39, 0.29) is 37.4 Å². The van der Waals surface area contributed by atoms with Crippen molar-refractivity contribution >= 4 is 23.8 Å². The fourth-order valence-electron chi connectivity index (χ4n) is 4.84. The molecule has 2 fully saturated rings. The van der Waals surface area contributed by atoms with Gasteiger partial charge in [-0.1, -0.05) is 6.07 Å². The molecule has 11 nitrogen and oxygen atoms in total. The summed E-state index contributed by atoms with van der Waals surface area (Å²) < 4.78 is 11.3. The first-order chi connectivity index (χ1) is 16.9. The van der Waals surface area contributed by atoms with E-state index in [1.54, 1.807) is 18.2 Å². The summed E-state index contributed by atoms with van der Waals surface area (Å²) in [5.74, 6) is -0.129. The average molecular weight is 477 g/mol. The molecule has 2 aromatic rings. The molecule has 1 aliphatic carbocycles. The second-order valence-electron chi connectivity index (χ2n) is 9.29. The second kappa shape index (κ2) is 7.69. The summed E-state index contributed by atoms with van der Waals surface area (Å²) in [6, 6.07) is 6.40. The first-order valence-electron chi connectivity index (χ1n) is 11.4. The number of carbonyl (C=O) groups excluding carboxylic acids is 4. The molecule has 0 spiro atoms. The Morgan fingerprint density at radius 3 is 2.83 bits per heavy atom. The maximum atomic E-state index is 13.2. The third-order valence-corrected chi connectivity index (χ3v) is 6.91. The summed E-state index contributed by atoms with van der Waals surface area (Å²) in [5.41, 5.74) is 0.722. The largest absolute Gasteiger partial charge is 0.497 e. The van der Waals surface area contributed by atoms with E-state index >= 15 is 0 Å². The number of imide groups is 1. The molecule has 4 aliphatic rings. The molecule has 11 heteroatoms. The SMILES string of the molecule is COc1ccc2c(c1)C(=O)N(C[C@@]1([C@H]3Cc4ncc(C(=O)NC5CC5)cc4O3)NC(=O)NC1=O)C2. The van der Waals surface area contributed by atoms with Crippen molar-refractivity contribution in [2.45, 2.75) is 43.5 Å². The van der Waals surface area contributed by atoms with Crippen molar-refractivity contribution in [3.8, 4) is 11.5 Å². The third-order valence-electron chi connectivity index (χ3n) is 6.91. The van der Waals surface area contributed by atoms with Gasteiger partial charge in [0.15, 0.2) is 5.54 Å². The minimum absolute atomic E-state index is 0.0892. The highest BCUT2D eigenvalue weighted by atomic mass is 16.5. The number of rotatable bonds is 6. The molecule has 3 N–H and O–H groups in total. The van der Waals surface area contributed by atoms with Crippen molar-refractivity contribution in [3.63, 3.8) is 0 Å². The number of aromatic nitrogens is 1. The molecule has 35 heavy (non-hydrogen) atoms. The van der Waals surface area contributed by atoms with E-state index in [4.69, 9.17) is 9.47 Å². The van der Waals surface area contributed by atoms with Crippen LogP contribution in [0.4, 0.5) is 4.79 Å². The molecule has 3 aliphatic heterocycles. The predicted octanol–water partition coefficient (Wildman–Crippen LogP) is 0.520. The number of urea groups is 1. The molecule has 0 bridgehead atoms. The standard InChI is InChI=1S/C24H23N5O6/c1-34-15-5-2-12-10-29(21(31)16(12)7-15)11-24(22(32)27-23(33)28-24)19-8-17-18(35-19)6-13(9-25-17)20(30)26-14-3-4-14/h2,5-7,9,14,19H,3-4,8,10-11H2,1H3,(H,26,30)(H2,27,28,32,33)/t19-,24+/m1/s1. The van der Waals surface area contributed by atoms with Crippen LogP contribution in [0, 0.1) is 0 Å². The normalized spacial score (nSPS) is 24.4. The summed E-state index contributed by atoms with van der Waals surface area (Å²) in [5, 5.41) is 7.91. The lowest BCUT2D eigenvalue weighted by Gasteiger charge is -2.34. The van der Waals surface area contributed by atoms with Gasteiger partial charge in [0.1, 0.15) is 17.6 Å². The minimum Gasteiger partial charge on any atom is -0.497 e. The first kappa shape index (κ1) is 21.4. The number of hydrogen-bond donors (Lipinski definition) is 3. The number of fused-ring (bicyclic) bond motifs is 2. The Hall–Kier alpha value is -4.15. The number of nitrogens with zero attached hydrogens (tertiary/aromatic N) is 2. The van der Waals surface area contributed by atoms with Gasteiger partial charge in [0, 0.05) is 30.8 Å². The van der Waals surface area contributed by atoms with Gasteiger partial charge in [-0.3, -0.25) is 24.7 Å². The number of ether oxygens (including phenoxy) is 2. The van der Waals surface area contributed by atoms with Gasteiger partial charge in [-0.05, 0) is 36.6 Å². The highest BCUT2D eigenvalue weighted by Gasteiger charge is 2.57. The van der Waals surface area contributed by atoms with Crippen molar-refractivity contribution in [2.75, 3.05) is 13.7 Å². The Bertz CT molecular complexity index is 1290. The van der Waals surface area contributed by atoms with E-state index in [0.717, 1.165) is 18.4 Å². The summed E-state index contributed by atoms with van der Waals surface area (Å²) in [6.07, 6.45) is 2.83. The predicted molar refractivity (Wildman–Crippen MR) is 120 cm³/mol. The van der Waals surface area contributed by atoms with Crippen molar-refractivity contribution in [1.82, 2.24) is 25.8 Å². The van der Waals surface area contributed by atoms with Crippen LogP contribution in [0.1, 0.15) is 44.8 Å². The van der Waals surface area contributed by atoms with Crippen LogP contribution >= 0.6 is 0 Å². The number of pyridine rings is 1. The molecule has 1 aromatic heterocycles. The van der Waals surface area contributed by atoms with Crippen molar-refractivity contribution < 1.29 is 28.7 Å². The van der Waals surface area contributed by atoms with E-state index in [1.807, 2.05) is 6.07 Å². The van der Waals surface area contributed by atoms with Gasteiger partial charge in [-0.2, -0.15) is 0 Å². The van der Waals surface area contributed by atoms with E-state index in [2.05, 4.69) is 20.9 Å². The molecule has 6 rings (SSSR count). The third kappa shape index (κ3) is 3.54. The zero-order chi connectivity index (χ0) is 24.3. The van der Waals surface area contributed by atoms with Crippen LogP contribution in [-0.2, 0) is 17.8 Å². The Kier molecular flexibility index (Phi) is 4.70. The molecular formula is C24H23N5O6. The van der Waals surface area contributed by atoms with Crippen LogP contribution in [0.2, 0.25) is 0 Å². The minimum atomic E-state index is -1.52. The Labute approximate surface area is 200 Å². The number of methoxy groups -OCH3 is 1. The summed E-state index contributed by atoms with van der Waals surface area (Å²) in [4.78, 5) is 56.8. The lowest BCUT2D eigenvalue weighted by molar-refractivity contribution is -0.127. The quantitative estimate of drug-likeness (QED) is 0.516. The molecule has 1 aromatic carbocycles.